The molecule has 3 aliphatic rings. The van der Waals surface area contributed by atoms with Gasteiger partial charge in [-0.2, -0.15) is 4.31 Å². The lowest BCUT2D eigenvalue weighted by Gasteiger charge is -2.35. The molecule has 0 radical (unpaired) electrons. The molecular formula is C19H22N2O4S. The first kappa shape index (κ1) is 17.4. The third-order valence-corrected chi connectivity index (χ3v) is 7.70. The molecule has 26 heavy (non-hydrogen) atoms. The first-order valence-corrected chi connectivity index (χ1v) is 10.5. The normalized spacial score (nSPS) is 26.7. The summed E-state index contributed by atoms with van der Waals surface area (Å²) in [5.74, 6) is -0.475. The minimum absolute atomic E-state index is 0.0337. The van der Waals surface area contributed by atoms with Gasteiger partial charge in [0, 0.05) is 24.9 Å². The summed E-state index contributed by atoms with van der Waals surface area (Å²) >= 11 is 0. The molecule has 2 amide bonds. The van der Waals surface area contributed by atoms with Crippen molar-refractivity contribution in [3.8, 4) is 0 Å². The summed E-state index contributed by atoms with van der Waals surface area (Å²) in [7, 11) is -3.58. The number of amides is 2. The number of hydrogen-bond donors (Lipinski definition) is 0. The summed E-state index contributed by atoms with van der Waals surface area (Å²) in [4.78, 5) is 25.0. The van der Waals surface area contributed by atoms with E-state index >= 15 is 0 Å². The van der Waals surface area contributed by atoms with Gasteiger partial charge >= 0.3 is 0 Å². The molecule has 4 rings (SSSR count). The Bertz CT molecular complexity index is 857. The molecule has 0 aliphatic carbocycles. The molecule has 0 spiro atoms. The number of sulfonamides is 1. The second-order valence-corrected chi connectivity index (χ2v) is 9.04. The van der Waals surface area contributed by atoms with E-state index in [-0.39, 0.29) is 41.6 Å². The highest BCUT2D eigenvalue weighted by Gasteiger charge is 2.45. The standard InChI is InChI=1S/C19H22N2O4S/c1-2-13-11-15-3-4-16(12-13)21(15)26(24,25)17-7-5-14(6-8-17)20-18(22)9-10-19(20)23/h2,5-8,15-16H,3-4,9-12H2,1H3. The molecule has 1 aromatic rings. The highest BCUT2D eigenvalue weighted by Crippen LogP contribution is 2.42. The van der Waals surface area contributed by atoms with Gasteiger partial charge in [-0.15, -0.1) is 0 Å². The predicted octanol–water partition coefficient (Wildman–Crippen LogP) is 2.60. The van der Waals surface area contributed by atoms with E-state index in [1.165, 1.54) is 17.7 Å². The SMILES string of the molecule is CC=C1CC2CCC(C1)N2S(=O)(=O)c1ccc(N2C(=O)CCC2=O)cc1. The van der Waals surface area contributed by atoms with Crippen molar-refractivity contribution in [2.45, 2.75) is 62.4 Å². The van der Waals surface area contributed by atoms with Gasteiger partial charge in [0.25, 0.3) is 0 Å². The number of anilines is 1. The number of rotatable bonds is 3. The number of hydrogen-bond acceptors (Lipinski definition) is 4. The Morgan fingerprint density at radius 3 is 2.00 bits per heavy atom. The molecular weight excluding hydrogens is 352 g/mol. The number of piperidine rings is 1. The maximum Gasteiger partial charge on any atom is 0.243 e. The number of nitrogens with zero attached hydrogens (tertiary/aromatic N) is 2. The van der Waals surface area contributed by atoms with Gasteiger partial charge in [0.05, 0.1) is 10.6 Å². The number of carbonyl (C=O) groups excluding carboxylic acids is 2. The molecule has 3 saturated heterocycles. The monoisotopic (exact) mass is 374 g/mol. The van der Waals surface area contributed by atoms with Crippen LogP contribution < -0.4 is 4.90 Å². The Morgan fingerprint density at radius 1 is 0.962 bits per heavy atom. The van der Waals surface area contributed by atoms with E-state index < -0.39 is 10.0 Å². The molecule has 0 N–H and O–H groups in total. The fraction of sp³-hybridized carbons (Fsp3) is 0.474. The summed E-state index contributed by atoms with van der Waals surface area (Å²) in [6, 6.07) is 6.19. The first-order chi connectivity index (χ1) is 12.4. The van der Waals surface area contributed by atoms with Gasteiger partial charge in [0.15, 0.2) is 0 Å². The molecule has 1 aromatic carbocycles. The van der Waals surface area contributed by atoms with Crippen molar-refractivity contribution >= 4 is 27.5 Å². The zero-order valence-corrected chi connectivity index (χ0v) is 15.5. The molecule has 7 heteroatoms. The van der Waals surface area contributed by atoms with Gasteiger partial charge < -0.3 is 0 Å². The van der Waals surface area contributed by atoms with Crippen LogP contribution in [-0.2, 0) is 19.6 Å². The van der Waals surface area contributed by atoms with E-state index in [1.54, 1.807) is 16.4 Å². The van der Waals surface area contributed by atoms with E-state index in [1.807, 2.05) is 6.92 Å². The molecule has 2 unspecified atom stereocenters. The van der Waals surface area contributed by atoms with Crippen molar-refractivity contribution in [2.75, 3.05) is 4.90 Å². The van der Waals surface area contributed by atoms with Crippen LogP contribution in [0.2, 0.25) is 0 Å². The molecule has 6 nitrogen and oxygen atoms in total. The van der Waals surface area contributed by atoms with Crippen molar-refractivity contribution in [1.29, 1.82) is 0 Å². The third kappa shape index (κ3) is 2.70. The zero-order valence-electron chi connectivity index (χ0n) is 14.7. The molecule has 3 heterocycles. The molecule has 2 atom stereocenters. The second-order valence-electron chi connectivity index (χ2n) is 7.19. The van der Waals surface area contributed by atoms with Crippen LogP contribution in [0, 0.1) is 0 Å². The minimum atomic E-state index is -3.58. The van der Waals surface area contributed by atoms with Crippen LogP contribution in [0.25, 0.3) is 0 Å². The van der Waals surface area contributed by atoms with Crippen LogP contribution >= 0.6 is 0 Å². The van der Waals surface area contributed by atoms with Crippen LogP contribution in [0.4, 0.5) is 5.69 Å². The number of benzene rings is 1. The van der Waals surface area contributed by atoms with Crippen LogP contribution in [0.1, 0.15) is 45.4 Å². The van der Waals surface area contributed by atoms with Crippen LogP contribution in [0.5, 0.6) is 0 Å². The lowest BCUT2D eigenvalue weighted by molar-refractivity contribution is -0.121. The number of fused-ring (bicyclic) bond motifs is 2. The van der Waals surface area contributed by atoms with E-state index in [0.29, 0.717) is 5.69 Å². The molecule has 0 aromatic heterocycles. The van der Waals surface area contributed by atoms with Crippen LogP contribution in [-0.4, -0.2) is 36.6 Å². The Labute approximate surface area is 153 Å². The lowest BCUT2D eigenvalue weighted by Crippen LogP contribution is -2.44. The smallest absolute Gasteiger partial charge is 0.243 e. The fourth-order valence-electron chi connectivity index (χ4n) is 4.39. The Kier molecular flexibility index (Phi) is 4.23. The molecule has 3 fully saturated rings. The van der Waals surface area contributed by atoms with Gasteiger partial charge in [0.2, 0.25) is 21.8 Å². The van der Waals surface area contributed by atoms with Crippen molar-refractivity contribution < 1.29 is 18.0 Å². The summed E-state index contributed by atoms with van der Waals surface area (Å²) in [5.41, 5.74) is 1.78. The number of allylic oxidation sites excluding steroid dienone is 1. The average molecular weight is 374 g/mol. The van der Waals surface area contributed by atoms with Gasteiger partial charge in [-0.25, -0.2) is 8.42 Å². The van der Waals surface area contributed by atoms with E-state index in [4.69, 9.17) is 0 Å². The third-order valence-electron chi connectivity index (χ3n) is 5.68. The molecule has 0 saturated carbocycles. The van der Waals surface area contributed by atoms with E-state index in [9.17, 15) is 18.0 Å². The van der Waals surface area contributed by atoms with Crippen LogP contribution in [0.15, 0.2) is 40.8 Å². The quantitative estimate of drug-likeness (QED) is 0.602. The summed E-state index contributed by atoms with van der Waals surface area (Å²) in [6.07, 6.45) is 5.94. The largest absolute Gasteiger partial charge is 0.274 e. The fourth-order valence-corrected chi connectivity index (χ4v) is 6.26. The molecule has 2 bridgehead atoms. The Balaban J connectivity index is 1.61. The predicted molar refractivity (Wildman–Crippen MR) is 97.0 cm³/mol. The topological polar surface area (TPSA) is 74.8 Å². The number of imide groups is 1. The van der Waals surface area contributed by atoms with Gasteiger partial charge in [-0.05, 0) is 56.9 Å². The van der Waals surface area contributed by atoms with Crippen molar-refractivity contribution in [3.63, 3.8) is 0 Å². The minimum Gasteiger partial charge on any atom is -0.274 e. The molecule has 138 valence electrons. The van der Waals surface area contributed by atoms with Gasteiger partial charge in [-0.1, -0.05) is 11.6 Å². The highest BCUT2D eigenvalue weighted by atomic mass is 32.2. The van der Waals surface area contributed by atoms with E-state index in [0.717, 1.165) is 30.6 Å². The lowest BCUT2D eigenvalue weighted by atomic mass is 9.99. The Hall–Kier alpha value is -1.99. The van der Waals surface area contributed by atoms with Crippen molar-refractivity contribution in [2.24, 2.45) is 0 Å². The molecule has 3 aliphatic heterocycles. The van der Waals surface area contributed by atoms with E-state index in [2.05, 4.69) is 6.08 Å². The van der Waals surface area contributed by atoms with Crippen molar-refractivity contribution in [3.05, 3.63) is 35.9 Å². The van der Waals surface area contributed by atoms with Crippen LogP contribution in [0.3, 0.4) is 0 Å². The summed E-state index contributed by atoms with van der Waals surface area (Å²) in [6.45, 7) is 2.01. The number of carbonyl (C=O) groups is 2. The van der Waals surface area contributed by atoms with Crippen molar-refractivity contribution in [1.82, 2.24) is 4.31 Å². The summed E-state index contributed by atoms with van der Waals surface area (Å²) < 4.78 is 28.0. The second kappa shape index (κ2) is 6.32. The highest BCUT2D eigenvalue weighted by molar-refractivity contribution is 7.89. The maximum atomic E-state index is 13.2. The van der Waals surface area contributed by atoms with Gasteiger partial charge in [-0.3, -0.25) is 14.5 Å². The Morgan fingerprint density at radius 2 is 1.50 bits per heavy atom. The zero-order chi connectivity index (χ0) is 18.5. The summed E-state index contributed by atoms with van der Waals surface area (Å²) in [5, 5.41) is 0. The first-order valence-electron chi connectivity index (χ1n) is 9.05. The van der Waals surface area contributed by atoms with Gasteiger partial charge in [0.1, 0.15) is 0 Å². The average Bonchev–Trinajstić information content (AvgIpc) is 3.11. The maximum absolute atomic E-state index is 13.2.